The van der Waals surface area contributed by atoms with E-state index >= 15 is 0 Å². The number of fused-ring (bicyclic) bond motifs is 2. The number of rotatable bonds is 4. The lowest BCUT2D eigenvalue weighted by Crippen LogP contribution is -2.40. The van der Waals surface area contributed by atoms with Crippen molar-refractivity contribution in [3.63, 3.8) is 0 Å². The van der Waals surface area contributed by atoms with Crippen molar-refractivity contribution < 1.29 is 9.53 Å². The topological polar surface area (TPSA) is 29.5 Å². The summed E-state index contributed by atoms with van der Waals surface area (Å²) in [6, 6.07) is 8.91. The highest BCUT2D eigenvalue weighted by atomic mass is 16.5. The summed E-state index contributed by atoms with van der Waals surface area (Å²) in [6.07, 6.45) is 5.71. The van der Waals surface area contributed by atoms with Crippen LogP contribution < -0.4 is 4.74 Å². The van der Waals surface area contributed by atoms with Crippen molar-refractivity contribution >= 4 is 5.78 Å². The summed E-state index contributed by atoms with van der Waals surface area (Å²) in [4.78, 5) is 14.9. The van der Waals surface area contributed by atoms with E-state index in [4.69, 9.17) is 4.74 Å². The zero-order valence-corrected chi connectivity index (χ0v) is 12.3. The van der Waals surface area contributed by atoms with Crippen LogP contribution in [0.15, 0.2) is 24.3 Å². The van der Waals surface area contributed by atoms with Gasteiger partial charge in [0.2, 0.25) is 0 Å². The number of hydrogen-bond acceptors (Lipinski definition) is 3. The van der Waals surface area contributed by atoms with E-state index in [0.29, 0.717) is 24.4 Å². The Hall–Kier alpha value is -1.35. The van der Waals surface area contributed by atoms with E-state index in [1.807, 2.05) is 24.3 Å². The number of carbonyl (C=O) groups is 1. The fourth-order valence-corrected chi connectivity index (χ4v) is 3.85. The van der Waals surface area contributed by atoms with Crippen LogP contribution in [-0.2, 0) is 0 Å². The second-order valence-corrected chi connectivity index (χ2v) is 6.24. The Morgan fingerprint density at radius 3 is 2.35 bits per heavy atom. The van der Waals surface area contributed by atoms with Gasteiger partial charge in [-0.05, 0) is 62.9 Å². The molecule has 0 amide bonds. The van der Waals surface area contributed by atoms with Crippen molar-refractivity contribution in [1.29, 1.82) is 0 Å². The first-order valence-corrected chi connectivity index (χ1v) is 7.56. The molecule has 3 rings (SSSR count). The molecule has 1 unspecified atom stereocenters. The maximum absolute atomic E-state index is 12.4. The Morgan fingerprint density at radius 1 is 1.20 bits per heavy atom. The van der Waals surface area contributed by atoms with E-state index in [0.717, 1.165) is 11.3 Å². The van der Waals surface area contributed by atoms with Gasteiger partial charge < -0.3 is 9.64 Å². The first-order valence-electron chi connectivity index (χ1n) is 7.56. The molecule has 2 fully saturated rings. The number of methoxy groups -OCH3 is 1. The average molecular weight is 273 g/mol. The van der Waals surface area contributed by atoms with Crippen LogP contribution in [0.1, 0.15) is 42.5 Å². The largest absolute Gasteiger partial charge is 0.497 e. The molecule has 3 heteroatoms. The van der Waals surface area contributed by atoms with Crippen molar-refractivity contribution in [3.8, 4) is 5.75 Å². The third kappa shape index (κ3) is 2.59. The van der Waals surface area contributed by atoms with Gasteiger partial charge in [-0.15, -0.1) is 0 Å². The number of hydrogen-bond donors (Lipinski definition) is 0. The highest BCUT2D eigenvalue weighted by Gasteiger charge is 2.38. The number of benzene rings is 1. The molecule has 2 heterocycles. The number of piperidine rings is 1. The van der Waals surface area contributed by atoms with Crippen molar-refractivity contribution in [3.05, 3.63) is 29.8 Å². The van der Waals surface area contributed by atoms with Crippen LogP contribution >= 0.6 is 0 Å². The van der Waals surface area contributed by atoms with Gasteiger partial charge >= 0.3 is 0 Å². The van der Waals surface area contributed by atoms with Gasteiger partial charge in [0.05, 0.1) is 7.11 Å². The predicted octanol–water partition coefficient (Wildman–Crippen LogP) is 3.14. The van der Waals surface area contributed by atoms with E-state index in [-0.39, 0.29) is 5.78 Å². The Balaban J connectivity index is 1.61. The van der Waals surface area contributed by atoms with E-state index in [1.54, 1.807) is 7.11 Å². The third-order valence-corrected chi connectivity index (χ3v) is 5.08. The second kappa shape index (κ2) is 5.57. The SMILES string of the molecule is COc1ccc(C(=O)CC2C[C@H]3CC[C@@H](C2)N3C)cc1. The van der Waals surface area contributed by atoms with Crippen LogP contribution in [0.4, 0.5) is 0 Å². The van der Waals surface area contributed by atoms with Gasteiger partial charge in [-0.2, -0.15) is 0 Å². The fraction of sp³-hybridized carbons (Fsp3) is 0.588. The Bertz CT molecular complexity index is 468. The van der Waals surface area contributed by atoms with Crippen LogP contribution in [0.3, 0.4) is 0 Å². The fourth-order valence-electron chi connectivity index (χ4n) is 3.85. The summed E-state index contributed by atoms with van der Waals surface area (Å²) in [5, 5.41) is 0. The van der Waals surface area contributed by atoms with Gasteiger partial charge in [-0.1, -0.05) is 0 Å². The zero-order valence-electron chi connectivity index (χ0n) is 12.3. The first kappa shape index (κ1) is 13.6. The smallest absolute Gasteiger partial charge is 0.163 e. The first-order chi connectivity index (χ1) is 9.67. The lowest BCUT2D eigenvalue weighted by molar-refractivity contribution is 0.0882. The van der Waals surface area contributed by atoms with Crippen molar-refractivity contribution in [2.45, 2.75) is 44.2 Å². The predicted molar refractivity (Wildman–Crippen MR) is 79.2 cm³/mol. The number of ether oxygens (including phenoxy) is 1. The molecule has 0 aliphatic carbocycles. The molecule has 3 atom stereocenters. The molecule has 0 aromatic heterocycles. The van der Waals surface area contributed by atoms with E-state index in [2.05, 4.69) is 11.9 Å². The number of Topliss-reactive ketones (excluding diaryl/α,β-unsaturated/α-hetero) is 1. The summed E-state index contributed by atoms with van der Waals surface area (Å²) in [6.45, 7) is 0. The molecule has 1 aromatic carbocycles. The van der Waals surface area contributed by atoms with Gasteiger partial charge in [-0.3, -0.25) is 4.79 Å². The molecule has 3 nitrogen and oxygen atoms in total. The molecule has 0 saturated carbocycles. The minimum atomic E-state index is 0.279. The molecule has 2 saturated heterocycles. The average Bonchev–Trinajstić information content (AvgIpc) is 2.69. The minimum absolute atomic E-state index is 0.279. The summed E-state index contributed by atoms with van der Waals surface area (Å²) in [5.74, 6) is 1.65. The minimum Gasteiger partial charge on any atom is -0.497 e. The van der Waals surface area contributed by atoms with Gasteiger partial charge in [0.1, 0.15) is 5.75 Å². The van der Waals surface area contributed by atoms with Crippen LogP contribution in [-0.4, -0.2) is 36.9 Å². The van der Waals surface area contributed by atoms with Gasteiger partial charge in [-0.25, -0.2) is 0 Å². The number of nitrogens with zero attached hydrogens (tertiary/aromatic N) is 1. The van der Waals surface area contributed by atoms with Crippen LogP contribution in [0.5, 0.6) is 5.75 Å². The highest BCUT2D eigenvalue weighted by molar-refractivity contribution is 5.96. The van der Waals surface area contributed by atoms with Gasteiger partial charge in [0.25, 0.3) is 0 Å². The van der Waals surface area contributed by atoms with Gasteiger partial charge in [0.15, 0.2) is 5.78 Å². The Labute approximate surface area is 120 Å². The Kier molecular flexibility index (Phi) is 3.79. The maximum atomic E-state index is 12.4. The molecule has 1 aromatic rings. The van der Waals surface area contributed by atoms with E-state index in [1.165, 1.54) is 25.7 Å². The van der Waals surface area contributed by atoms with Crippen molar-refractivity contribution in [2.24, 2.45) is 5.92 Å². The highest BCUT2D eigenvalue weighted by Crippen LogP contribution is 2.39. The molecular formula is C17H23NO2. The van der Waals surface area contributed by atoms with E-state index in [9.17, 15) is 4.79 Å². The summed E-state index contributed by atoms with van der Waals surface area (Å²) in [5.41, 5.74) is 0.817. The van der Waals surface area contributed by atoms with E-state index < -0.39 is 0 Å². The third-order valence-electron chi connectivity index (χ3n) is 5.08. The van der Waals surface area contributed by atoms with Crippen LogP contribution in [0.25, 0.3) is 0 Å². The number of carbonyl (C=O) groups excluding carboxylic acids is 1. The monoisotopic (exact) mass is 273 g/mol. The Morgan fingerprint density at radius 2 is 1.80 bits per heavy atom. The van der Waals surface area contributed by atoms with Crippen molar-refractivity contribution in [1.82, 2.24) is 4.90 Å². The van der Waals surface area contributed by atoms with Crippen molar-refractivity contribution in [2.75, 3.05) is 14.2 Å². The standard InChI is InChI=1S/C17H23NO2/c1-18-14-5-6-15(18)10-12(9-14)11-17(19)13-3-7-16(20-2)8-4-13/h3-4,7-8,12,14-15H,5-6,9-11H2,1-2H3/t12?,14-,15+. The molecular weight excluding hydrogens is 250 g/mol. The van der Waals surface area contributed by atoms with Crippen LogP contribution in [0, 0.1) is 5.92 Å². The maximum Gasteiger partial charge on any atom is 0.163 e. The summed E-state index contributed by atoms with van der Waals surface area (Å²) in [7, 11) is 3.88. The summed E-state index contributed by atoms with van der Waals surface area (Å²) < 4.78 is 5.13. The van der Waals surface area contributed by atoms with Gasteiger partial charge in [0, 0.05) is 24.1 Å². The lowest BCUT2D eigenvalue weighted by atomic mass is 9.86. The molecule has 2 bridgehead atoms. The molecule has 0 N–H and O–H groups in total. The zero-order chi connectivity index (χ0) is 14.1. The molecule has 0 radical (unpaired) electrons. The molecule has 2 aliphatic rings. The van der Waals surface area contributed by atoms with Crippen LogP contribution in [0.2, 0.25) is 0 Å². The number of ketones is 1. The lowest BCUT2D eigenvalue weighted by Gasteiger charge is -2.36. The normalized spacial score (nSPS) is 29.4. The summed E-state index contributed by atoms with van der Waals surface area (Å²) >= 11 is 0. The molecule has 108 valence electrons. The second-order valence-electron chi connectivity index (χ2n) is 6.24. The molecule has 20 heavy (non-hydrogen) atoms. The molecule has 2 aliphatic heterocycles. The quantitative estimate of drug-likeness (QED) is 0.789. The molecule has 0 spiro atoms.